The van der Waals surface area contributed by atoms with Crippen LogP contribution in [-0.4, -0.2) is 6.61 Å². The van der Waals surface area contributed by atoms with Crippen molar-refractivity contribution in [1.29, 1.82) is 0 Å². The number of terminal acetylenes is 1. The molecule has 0 bridgehead atoms. The Morgan fingerprint density at radius 2 is 2.00 bits per heavy atom. The lowest BCUT2D eigenvalue weighted by Crippen LogP contribution is -2.03. The Balaban J connectivity index is 2.08. The summed E-state index contributed by atoms with van der Waals surface area (Å²) in [5.41, 5.74) is 3.03. The Labute approximate surface area is 114 Å². The van der Waals surface area contributed by atoms with Gasteiger partial charge in [-0.25, -0.2) is 0 Å². The summed E-state index contributed by atoms with van der Waals surface area (Å²) >= 11 is 0. The van der Waals surface area contributed by atoms with E-state index in [-0.39, 0.29) is 0 Å². The molecular weight excluding hydrogens is 234 g/mol. The summed E-state index contributed by atoms with van der Waals surface area (Å²) in [5, 5.41) is 3.36. The van der Waals surface area contributed by atoms with E-state index in [0.717, 1.165) is 22.6 Å². The average molecular weight is 251 g/mol. The van der Waals surface area contributed by atoms with Crippen LogP contribution in [0.3, 0.4) is 0 Å². The number of ether oxygens (including phenoxy) is 1. The highest BCUT2D eigenvalue weighted by Crippen LogP contribution is 2.19. The summed E-state index contributed by atoms with van der Waals surface area (Å²) < 4.78 is 5.60. The van der Waals surface area contributed by atoms with Gasteiger partial charge in [0, 0.05) is 23.4 Å². The zero-order valence-corrected chi connectivity index (χ0v) is 11.0. The van der Waals surface area contributed by atoms with Crippen molar-refractivity contribution < 1.29 is 4.74 Å². The largest absolute Gasteiger partial charge is 0.494 e. The van der Waals surface area contributed by atoms with Gasteiger partial charge in [-0.15, -0.1) is 6.42 Å². The first-order valence-corrected chi connectivity index (χ1v) is 6.34. The second-order valence-corrected chi connectivity index (χ2v) is 4.12. The zero-order valence-electron chi connectivity index (χ0n) is 11.0. The molecular formula is C17H17NO. The number of rotatable bonds is 5. The SMILES string of the molecule is C#Cc1cccc(NCc2ccccc2OCC)c1. The monoisotopic (exact) mass is 251 g/mol. The molecule has 19 heavy (non-hydrogen) atoms. The van der Waals surface area contributed by atoms with Gasteiger partial charge in [-0.3, -0.25) is 0 Å². The zero-order chi connectivity index (χ0) is 13.5. The fraction of sp³-hybridized carbons (Fsp3) is 0.176. The molecule has 0 aliphatic rings. The van der Waals surface area contributed by atoms with E-state index in [2.05, 4.69) is 17.3 Å². The van der Waals surface area contributed by atoms with Crippen LogP contribution in [0, 0.1) is 12.3 Å². The molecule has 2 heteroatoms. The predicted molar refractivity (Wildman–Crippen MR) is 79.3 cm³/mol. The number of para-hydroxylation sites is 1. The predicted octanol–water partition coefficient (Wildman–Crippen LogP) is 3.68. The van der Waals surface area contributed by atoms with Crippen molar-refractivity contribution in [1.82, 2.24) is 0 Å². The minimum absolute atomic E-state index is 0.670. The van der Waals surface area contributed by atoms with E-state index in [4.69, 9.17) is 11.2 Å². The highest BCUT2D eigenvalue weighted by atomic mass is 16.5. The van der Waals surface area contributed by atoms with Gasteiger partial charge in [0.25, 0.3) is 0 Å². The number of hydrogen-bond donors (Lipinski definition) is 1. The topological polar surface area (TPSA) is 21.3 Å². The van der Waals surface area contributed by atoms with Gasteiger partial charge >= 0.3 is 0 Å². The second kappa shape index (κ2) is 6.51. The molecule has 0 heterocycles. The van der Waals surface area contributed by atoms with Gasteiger partial charge < -0.3 is 10.1 Å². The third kappa shape index (κ3) is 3.53. The molecule has 0 aliphatic heterocycles. The maximum atomic E-state index is 5.60. The Morgan fingerprint density at radius 3 is 2.79 bits per heavy atom. The number of benzene rings is 2. The molecule has 2 rings (SSSR count). The highest BCUT2D eigenvalue weighted by Gasteiger charge is 2.02. The summed E-state index contributed by atoms with van der Waals surface area (Å²) in [6.45, 7) is 3.37. The summed E-state index contributed by atoms with van der Waals surface area (Å²) in [7, 11) is 0. The molecule has 1 N–H and O–H groups in total. The number of anilines is 1. The molecule has 0 saturated carbocycles. The van der Waals surface area contributed by atoms with Crippen molar-refractivity contribution >= 4 is 5.69 Å². The molecule has 0 amide bonds. The molecule has 0 saturated heterocycles. The highest BCUT2D eigenvalue weighted by molar-refractivity contribution is 5.50. The van der Waals surface area contributed by atoms with Crippen LogP contribution in [0.5, 0.6) is 5.75 Å². The van der Waals surface area contributed by atoms with Crippen LogP contribution < -0.4 is 10.1 Å². The molecule has 0 fully saturated rings. The molecule has 0 unspecified atom stereocenters. The van der Waals surface area contributed by atoms with Gasteiger partial charge in [-0.05, 0) is 31.2 Å². The van der Waals surface area contributed by atoms with Crippen molar-refractivity contribution in [2.24, 2.45) is 0 Å². The maximum absolute atomic E-state index is 5.60. The lowest BCUT2D eigenvalue weighted by atomic mass is 10.1. The Morgan fingerprint density at radius 1 is 1.16 bits per heavy atom. The van der Waals surface area contributed by atoms with Crippen molar-refractivity contribution in [3.05, 3.63) is 59.7 Å². The fourth-order valence-electron chi connectivity index (χ4n) is 1.86. The lowest BCUT2D eigenvalue weighted by molar-refractivity contribution is 0.337. The lowest BCUT2D eigenvalue weighted by Gasteiger charge is -2.11. The van der Waals surface area contributed by atoms with Crippen molar-refractivity contribution in [2.75, 3.05) is 11.9 Å². The van der Waals surface area contributed by atoms with E-state index >= 15 is 0 Å². The van der Waals surface area contributed by atoms with Crippen molar-refractivity contribution in [2.45, 2.75) is 13.5 Å². The smallest absolute Gasteiger partial charge is 0.124 e. The van der Waals surface area contributed by atoms with Crippen LogP contribution in [0.2, 0.25) is 0 Å². The Hall–Kier alpha value is -2.40. The average Bonchev–Trinajstić information content (AvgIpc) is 2.47. The second-order valence-electron chi connectivity index (χ2n) is 4.12. The van der Waals surface area contributed by atoms with E-state index in [0.29, 0.717) is 13.2 Å². The first-order valence-electron chi connectivity index (χ1n) is 6.34. The molecule has 96 valence electrons. The summed E-state index contributed by atoms with van der Waals surface area (Å²) in [4.78, 5) is 0. The number of hydrogen-bond acceptors (Lipinski definition) is 2. The van der Waals surface area contributed by atoms with Crippen molar-refractivity contribution in [3.8, 4) is 18.1 Å². The Kier molecular flexibility index (Phi) is 4.47. The van der Waals surface area contributed by atoms with E-state index < -0.39 is 0 Å². The van der Waals surface area contributed by atoms with Gasteiger partial charge in [-0.1, -0.05) is 30.2 Å². The maximum Gasteiger partial charge on any atom is 0.124 e. The van der Waals surface area contributed by atoms with Gasteiger partial charge in [0.15, 0.2) is 0 Å². The van der Waals surface area contributed by atoms with E-state index in [1.54, 1.807) is 0 Å². The molecule has 2 nitrogen and oxygen atoms in total. The minimum Gasteiger partial charge on any atom is -0.494 e. The molecule has 0 spiro atoms. The van der Waals surface area contributed by atoms with Crippen LogP contribution in [-0.2, 0) is 6.54 Å². The third-order valence-electron chi connectivity index (χ3n) is 2.78. The molecule has 2 aromatic rings. The van der Waals surface area contributed by atoms with Crippen molar-refractivity contribution in [3.63, 3.8) is 0 Å². The normalized spacial score (nSPS) is 9.68. The summed E-state index contributed by atoms with van der Waals surface area (Å²) in [6, 6.07) is 15.9. The standard InChI is InChI=1S/C17H17NO/c1-3-14-8-7-10-16(12-14)18-13-15-9-5-6-11-17(15)19-4-2/h1,5-12,18H,4,13H2,2H3. The summed E-state index contributed by atoms with van der Waals surface area (Å²) in [5.74, 6) is 3.55. The molecule has 2 aromatic carbocycles. The third-order valence-corrected chi connectivity index (χ3v) is 2.78. The summed E-state index contributed by atoms with van der Waals surface area (Å²) in [6.07, 6.45) is 5.39. The van der Waals surface area contributed by atoms with Crippen LogP contribution in [0.4, 0.5) is 5.69 Å². The van der Waals surface area contributed by atoms with Gasteiger partial charge in [0.2, 0.25) is 0 Å². The molecule has 0 aromatic heterocycles. The number of nitrogens with one attached hydrogen (secondary N) is 1. The van der Waals surface area contributed by atoms with Crippen LogP contribution in [0.15, 0.2) is 48.5 Å². The van der Waals surface area contributed by atoms with E-state index in [1.807, 2.05) is 49.4 Å². The van der Waals surface area contributed by atoms with Gasteiger partial charge in [-0.2, -0.15) is 0 Å². The van der Waals surface area contributed by atoms with Crippen LogP contribution >= 0.6 is 0 Å². The first-order chi connectivity index (χ1) is 9.33. The van der Waals surface area contributed by atoms with E-state index in [1.165, 1.54) is 0 Å². The molecule has 0 aliphatic carbocycles. The van der Waals surface area contributed by atoms with Gasteiger partial charge in [0.1, 0.15) is 5.75 Å². The minimum atomic E-state index is 0.670. The first kappa shape index (κ1) is 13.0. The van der Waals surface area contributed by atoms with Crippen LogP contribution in [0.25, 0.3) is 0 Å². The van der Waals surface area contributed by atoms with Crippen LogP contribution in [0.1, 0.15) is 18.1 Å². The van der Waals surface area contributed by atoms with E-state index in [9.17, 15) is 0 Å². The fourth-order valence-corrected chi connectivity index (χ4v) is 1.86. The van der Waals surface area contributed by atoms with Gasteiger partial charge in [0.05, 0.1) is 6.61 Å². The quantitative estimate of drug-likeness (QED) is 0.818. The Bertz CT molecular complexity index is 584. The molecule has 0 radical (unpaired) electrons. The molecule has 0 atom stereocenters.